The standard InChI is InChI=1S/C21H25N5O2/c1-13-11-22-18(23-13)12-25(2)19(27)16-10-14-6-5-9-26(14)21(16)15-7-3-4-8-17(15)24-20(21)28/h3-4,7-8,11,14,16H,5-6,9-10,12H2,1-2H3,(H,22,23)(H,24,28)/t14-,16+,21+/m1/s1. The Kier molecular flexibility index (Phi) is 3.84. The summed E-state index contributed by atoms with van der Waals surface area (Å²) in [5.41, 5.74) is 1.87. The summed E-state index contributed by atoms with van der Waals surface area (Å²) in [4.78, 5) is 38.4. The van der Waals surface area contributed by atoms with Gasteiger partial charge in [-0.05, 0) is 38.8 Å². The molecule has 2 aromatic rings. The predicted molar refractivity (Wildman–Crippen MR) is 104 cm³/mol. The van der Waals surface area contributed by atoms with Gasteiger partial charge in [-0.15, -0.1) is 0 Å². The zero-order valence-electron chi connectivity index (χ0n) is 16.2. The summed E-state index contributed by atoms with van der Waals surface area (Å²) < 4.78 is 0. The number of aromatic nitrogens is 2. The van der Waals surface area contributed by atoms with Crippen molar-refractivity contribution in [2.75, 3.05) is 18.9 Å². The molecule has 1 aromatic carbocycles. The van der Waals surface area contributed by atoms with E-state index in [4.69, 9.17) is 0 Å². The lowest BCUT2D eigenvalue weighted by atomic mass is 9.78. The van der Waals surface area contributed by atoms with Crippen LogP contribution in [0.3, 0.4) is 0 Å². The lowest BCUT2D eigenvalue weighted by molar-refractivity contribution is -0.143. The highest BCUT2D eigenvalue weighted by molar-refractivity contribution is 6.09. The van der Waals surface area contributed by atoms with Crippen molar-refractivity contribution >= 4 is 17.5 Å². The van der Waals surface area contributed by atoms with Crippen molar-refractivity contribution in [3.63, 3.8) is 0 Å². The number of hydrogen-bond donors (Lipinski definition) is 2. The number of anilines is 1. The average Bonchev–Trinajstić information content (AvgIpc) is 3.41. The van der Waals surface area contributed by atoms with Gasteiger partial charge in [-0.3, -0.25) is 14.5 Å². The van der Waals surface area contributed by atoms with Crippen LogP contribution in [0.5, 0.6) is 0 Å². The highest BCUT2D eigenvalue weighted by atomic mass is 16.2. The molecule has 2 saturated heterocycles. The van der Waals surface area contributed by atoms with Crippen LogP contribution in [0.25, 0.3) is 0 Å². The van der Waals surface area contributed by atoms with E-state index in [1.807, 2.05) is 31.2 Å². The average molecular weight is 379 g/mol. The Balaban J connectivity index is 1.53. The van der Waals surface area contributed by atoms with Crippen molar-refractivity contribution < 1.29 is 9.59 Å². The Bertz CT molecular complexity index is 954. The molecule has 2 N–H and O–H groups in total. The Hall–Kier alpha value is -2.67. The molecule has 2 fully saturated rings. The van der Waals surface area contributed by atoms with Crippen molar-refractivity contribution in [3.8, 4) is 0 Å². The van der Waals surface area contributed by atoms with Crippen LogP contribution in [0.15, 0.2) is 30.5 Å². The third-order valence-corrected chi connectivity index (χ3v) is 6.59. The van der Waals surface area contributed by atoms with E-state index < -0.39 is 5.54 Å². The van der Waals surface area contributed by atoms with Crippen molar-refractivity contribution in [1.82, 2.24) is 19.8 Å². The van der Waals surface area contributed by atoms with E-state index in [1.165, 1.54) is 0 Å². The van der Waals surface area contributed by atoms with E-state index in [-0.39, 0.29) is 23.8 Å². The first-order valence-corrected chi connectivity index (χ1v) is 9.95. The monoisotopic (exact) mass is 379 g/mol. The lowest BCUT2D eigenvalue weighted by Crippen LogP contribution is -2.54. The van der Waals surface area contributed by atoms with Crippen LogP contribution in [0, 0.1) is 12.8 Å². The number of fused-ring (bicyclic) bond motifs is 4. The van der Waals surface area contributed by atoms with Gasteiger partial charge in [-0.1, -0.05) is 18.2 Å². The van der Waals surface area contributed by atoms with E-state index >= 15 is 0 Å². The molecule has 0 unspecified atom stereocenters. The van der Waals surface area contributed by atoms with E-state index in [0.29, 0.717) is 6.54 Å². The molecular weight excluding hydrogens is 354 g/mol. The summed E-state index contributed by atoms with van der Waals surface area (Å²) in [7, 11) is 1.80. The maximum Gasteiger partial charge on any atom is 0.250 e. The summed E-state index contributed by atoms with van der Waals surface area (Å²) in [5, 5.41) is 3.05. The number of carbonyl (C=O) groups is 2. The van der Waals surface area contributed by atoms with E-state index in [0.717, 1.165) is 48.6 Å². The molecule has 4 heterocycles. The number of nitrogens with zero attached hydrogens (tertiary/aromatic N) is 3. The van der Waals surface area contributed by atoms with Gasteiger partial charge in [0.1, 0.15) is 11.4 Å². The molecule has 3 aliphatic rings. The van der Waals surface area contributed by atoms with Gasteiger partial charge in [0, 0.05) is 36.2 Å². The second-order valence-corrected chi connectivity index (χ2v) is 8.25. The zero-order valence-corrected chi connectivity index (χ0v) is 16.2. The first-order valence-electron chi connectivity index (χ1n) is 9.95. The molecule has 1 aromatic heterocycles. The number of aromatic amines is 1. The summed E-state index contributed by atoms with van der Waals surface area (Å²) in [6, 6.07) is 8.11. The number of hydrogen-bond acceptors (Lipinski definition) is 4. The molecular formula is C21H25N5O2. The maximum atomic E-state index is 13.6. The van der Waals surface area contributed by atoms with Crippen molar-refractivity contribution in [2.45, 2.75) is 44.3 Å². The number of nitrogens with one attached hydrogen (secondary N) is 2. The molecule has 3 atom stereocenters. The molecule has 5 rings (SSSR count). The van der Waals surface area contributed by atoms with Crippen LogP contribution in [0.4, 0.5) is 5.69 Å². The van der Waals surface area contributed by atoms with Crippen LogP contribution in [-0.4, -0.2) is 51.2 Å². The van der Waals surface area contributed by atoms with Crippen LogP contribution in [-0.2, 0) is 21.7 Å². The quantitative estimate of drug-likeness (QED) is 0.855. The molecule has 146 valence electrons. The summed E-state index contributed by atoms with van der Waals surface area (Å²) in [5.74, 6) is 0.327. The number of carbonyl (C=O) groups excluding carboxylic acids is 2. The molecule has 0 bridgehead atoms. The molecule has 0 saturated carbocycles. The minimum atomic E-state index is -0.887. The van der Waals surface area contributed by atoms with Gasteiger partial charge in [-0.25, -0.2) is 4.98 Å². The normalized spacial score (nSPS) is 28.4. The van der Waals surface area contributed by atoms with E-state index in [9.17, 15) is 9.59 Å². The first-order chi connectivity index (χ1) is 13.5. The fraction of sp³-hybridized carbons (Fsp3) is 0.476. The van der Waals surface area contributed by atoms with Crippen molar-refractivity contribution in [3.05, 3.63) is 47.5 Å². The van der Waals surface area contributed by atoms with Crippen LogP contribution < -0.4 is 5.32 Å². The van der Waals surface area contributed by atoms with Crippen molar-refractivity contribution in [1.29, 1.82) is 0 Å². The fourth-order valence-corrected chi connectivity index (χ4v) is 5.48. The van der Waals surface area contributed by atoms with Crippen molar-refractivity contribution in [2.24, 2.45) is 5.92 Å². The largest absolute Gasteiger partial charge is 0.345 e. The molecule has 1 spiro atoms. The summed E-state index contributed by atoms with van der Waals surface area (Å²) >= 11 is 0. The van der Waals surface area contributed by atoms with Crippen LogP contribution in [0.1, 0.15) is 36.3 Å². The van der Waals surface area contributed by atoms with Gasteiger partial charge >= 0.3 is 0 Å². The van der Waals surface area contributed by atoms with Gasteiger partial charge in [0.25, 0.3) is 0 Å². The van der Waals surface area contributed by atoms with Gasteiger partial charge in [-0.2, -0.15) is 0 Å². The molecule has 0 aliphatic carbocycles. The molecule has 3 aliphatic heterocycles. The minimum Gasteiger partial charge on any atom is -0.345 e. The predicted octanol–water partition coefficient (Wildman–Crippen LogP) is 2.01. The molecule has 7 heteroatoms. The number of amides is 2. The second-order valence-electron chi connectivity index (χ2n) is 8.25. The number of rotatable bonds is 3. The maximum absolute atomic E-state index is 13.6. The molecule has 7 nitrogen and oxygen atoms in total. The molecule has 0 radical (unpaired) electrons. The Morgan fingerprint density at radius 1 is 1.39 bits per heavy atom. The van der Waals surface area contributed by atoms with Gasteiger partial charge in [0.2, 0.25) is 11.8 Å². The third kappa shape index (κ3) is 2.29. The second kappa shape index (κ2) is 6.17. The highest BCUT2D eigenvalue weighted by Crippen LogP contribution is 2.55. The summed E-state index contributed by atoms with van der Waals surface area (Å²) in [6.45, 7) is 3.21. The number of H-pyrrole nitrogens is 1. The zero-order chi connectivity index (χ0) is 19.5. The number of aryl methyl sites for hydroxylation is 1. The minimum absolute atomic E-state index is 0.00954. The molecule has 2 amide bonds. The topological polar surface area (TPSA) is 81.3 Å². The fourth-order valence-electron chi connectivity index (χ4n) is 5.48. The van der Waals surface area contributed by atoms with Crippen LogP contribution in [0.2, 0.25) is 0 Å². The smallest absolute Gasteiger partial charge is 0.250 e. The van der Waals surface area contributed by atoms with Gasteiger partial charge in [0.15, 0.2) is 0 Å². The van der Waals surface area contributed by atoms with Crippen LogP contribution >= 0.6 is 0 Å². The Morgan fingerprint density at radius 3 is 3.00 bits per heavy atom. The SMILES string of the molecule is Cc1cnc(CN(C)C(=O)[C@@H]2C[C@H]3CCCN3[C@]23C(=O)Nc2ccccc23)[nH]1. The summed E-state index contributed by atoms with van der Waals surface area (Å²) in [6.07, 6.45) is 4.61. The number of benzene rings is 1. The lowest BCUT2D eigenvalue weighted by Gasteiger charge is -2.37. The first kappa shape index (κ1) is 17.4. The third-order valence-electron chi connectivity index (χ3n) is 6.59. The highest BCUT2D eigenvalue weighted by Gasteiger charge is 2.65. The van der Waals surface area contributed by atoms with E-state index in [1.54, 1.807) is 18.1 Å². The Morgan fingerprint density at radius 2 is 2.21 bits per heavy atom. The number of para-hydroxylation sites is 1. The van der Waals surface area contributed by atoms with Gasteiger partial charge < -0.3 is 15.2 Å². The Labute approximate surface area is 164 Å². The molecule has 28 heavy (non-hydrogen) atoms. The van der Waals surface area contributed by atoms with E-state index in [2.05, 4.69) is 20.2 Å². The number of imidazole rings is 1. The van der Waals surface area contributed by atoms with Gasteiger partial charge in [0.05, 0.1) is 12.5 Å².